The fourth-order valence-corrected chi connectivity index (χ4v) is 2.18. The normalized spacial score (nSPS) is 21.0. The van der Waals surface area contributed by atoms with Crippen LogP contribution in [-0.2, 0) is 16.1 Å². The molecule has 0 aliphatic carbocycles. The Kier molecular flexibility index (Phi) is 4.38. The number of hydrogen-bond donors (Lipinski definition) is 0. The maximum atomic E-state index is 5.72. The molecule has 0 aromatic heterocycles. The van der Waals surface area contributed by atoms with E-state index in [2.05, 4.69) is 41.1 Å². The van der Waals surface area contributed by atoms with Crippen LogP contribution in [0.15, 0.2) is 22.7 Å². The van der Waals surface area contributed by atoms with E-state index in [1.807, 2.05) is 0 Å². The Hall–Kier alpha value is -0.380. The molecule has 1 fully saturated rings. The van der Waals surface area contributed by atoms with Crippen LogP contribution in [0.1, 0.15) is 30.4 Å². The summed E-state index contributed by atoms with van der Waals surface area (Å²) < 4.78 is 12.4. The average molecular weight is 285 g/mol. The molecule has 2 rings (SSSR count). The standard InChI is InChI=1S/C13H17BrO2/c1-10-5-6-11(8-12(10)14)9-16-13-4-2-3-7-15-13/h5-6,8,13H,2-4,7,9H2,1H3. The van der Waals surface area contributed by atoms with Gasteiger partial charge in [-0.25, -0.2) is 0 Å². The molecule has 1 aromatic carbocycles. The summed E-state index contributed by atoms with van der Waals surface area (Å²) in [6, 6.07) is 6.31. The van der Waals surface area contributed by atoms with E-state index in [0.717, 1.165) is 23.9 Å². The van der Waals surface area contributed by atoms with E-state index in [1.165, 1.54) is 17.5 Å². The lowest BCUT2D eigenvalue weighted by Crippen LogP contribution is -2.21. The highest BCUT2D eigenvalue weighted by molar-refractivity contribution is 9.10. The molecular formula is C13H17BrO2. The van der Waals surface area contributed by atoms with Crippen LogP contribution in [0.5, 0.6) is 0 Å². The summed E-state index contributed by atoms with van der Waals surface area (Å²) in [4.78, 5) is 0. The van der Waals surface area contributed by atoms with Crippen molar-refractivity contribution in [2.24, 2.45) is 0 Å². The second-order valence-electron chi connectivity index (χ2n) is 4.19. The van der Waals surface area contributed by atoms with Gasteiger partial charge in [0.25, 0.3) is 0 Å². The topological polar surface area (TPSA) is 18.5 Å². The molecule has 1 saturated heterocycles. The lowest BCUT2D eigenvalue weighted by Gasteiger charge is -2.22. The first-order valence-electron chi connectivity index (χ1n) is 5.74. The van der Waals surface area contributed by atoms with Gasteiger partial charge >= 0.3 is 0 Å². The summed E-state index contributed by atoms with van der Waals surface area (Å²) in [6.07, 6.45) is 3.39. The van der Waals surface area contributed by atoms with Crippen LogP contribution < -0.4 is 0 Å². The van der Waals surface area contributed by atoms with Crippen molar-refractivity contribution in [1.82, 2.24) is 0 Å². The Bertz CT molecular complexity index is 346. The van der Waals surface area contributed by atoms with Gasteiger partial charge in [-0.2, -0.15) is 0 Å². The van der Waals surface area contributed by atoms with Crippen LogP contribution in [-0.4, -0.2) is 12.9 Å². The van der Waals surface area contributed by atoms with Crippen molar-refractivity contribution in [2.75, 3.05) is 6.61 Å². The number of halogens is 1. The smallest absolute Gasteiger partial charge is 0.158 e. The second kappa shape index (κ2) is 5.80. The molecule has 1 aromatic rings. The minimum Gasteiger partial charge on any atom is -0.353 e. The van der Waals surface area contributed by atoms with Gasteiger partial charge in [0, 0.05) is 11.1 Å². The van der Waals surface area contributed by atoms with E-state index in [9.17, 15) is 0 Å². The SMILES string of the molecule is Cc1ccc(COC2CCCCO2)cc1Br. The van der Waals surface area contributed by atoms with Crippen molar-refractivity contribution >= 4 is 15.9 Å². The van der Waals surface area contributed by atoms with Crippen molar-refractivity contribution in [3.05, 3.63) is 33.8 Å². The number of aryl methyl sites for hydroxylation is 1. The number of rotatable bonds is 3. The number of benzene rings is 1. The van der Waals surface area contributed by atoms with Gasteiger partial charge in [-0.15, -0.1) is 0 Å². The molecule has 1 atom stereocenters. The maximum absolute atomic E-state index is 5.72. The average Bonchev–Trinajstić information content (AvgIpc) is 2.32. The van der Waals surface area contributed by atoms with Crippen molar-refractivity contribution in [1.29, 1.82) is 0 Å². The Labute approximate surface area is 105 Å². The highest BCUT2D eigenvalue weighted by Gasteiger charge is 2.13. The van der Waals surface area contributed by atoms with Crippen LogP contribution in [0.3, 0.4) is 0 Å². The highest BCUT2D eigenvalue weighted by atomic mass is 79.9. The van der Waals surface area contributed by atoms with Gasteiger partial charge in [0.1, 0.15) is 0 Å². The zero-order valence-corrected chi connectivity index (χ0v) is 11.1. The zero-order chi connectivity index (χ0) is 11.4. The predicted octanol–water partition coefficient (Wildman–Crippen LogP) is 3.80. The van der Waals surface area contributed by atoms with Crippen molar-refractivity contribution < 1.29 is 9.47 Å². The zero-order valence-electron chi connectivity index (χ0n) is 9.54. The van der Waals surface area contributed by atoms with Crippen LogP contribution in [0, 0.1) is 6.92 Å². The third kappa shape index (κ3) is 3.30. The monoisotopic (exact) mass is 284 g/mol. The first-order valence-corrected chi connectivity index (χ1v) is 6.53. The van der Waals surface area contributed by atoms with Crippen molar-refractivity contribution in [3.63, 3.8) is 0 Å². The van der Waals surface area contributed by atoms with Crippen LogP contribution in [0.25, 0.3) is 0 Å². The second-order valence-corrected chi connectivity index (χ2v) is 5.05. The third-order valence-electron chi connectivity index (χ3n) is 2.81. The molecular weight excluding hydrogens is 268 g/mol. The van der Waals surface area contributed by atoms with Gasteiger partial charge in [-0.05, 0) is 43.4 Å². The molecule has 3 heteroatoms. The summed E-state index contributed by atoms with van der Waals surface area (Å²) in [7, 11) is 0. The molecule has 1 aliphatic rings. The van der Waals surface area contributed by atoms with Gasteiger partial charge in [0.05, 0.1) is 6.61 Å². The minimum atomic E-state index is -0.00571. The van der Waals surface area contributed by atoms with Gasteiger partial charge in [0.2, 0.25) is 0 Å². The van der Waals surface area contributed by atoms with E-state index < -0.39 is 0 Å². The lowest BCUT2D eigenvalue weighted by molar-refractivity contribution is -0.168. The number of hydrogen-bond acceptors (Lipinski definition) is 2. The van der Waals surface area contributed by atoms with Gasteiger partial charge in [0.15, 0.2) is 6.29 Å². The van der Waals surface area contributed by atoms with Gasteiger partial charge in [-0.3, -0.25) is 0 Å². The van der Waals surface area contributed by atoms with Crippen LogP contribution >= 0.6 is 15.9 Å². The van der Waals surface area contributed by atoms with Crippen molar-refractivity contribution in [2.45, 2.75) is 39.1 Å². The van der Waals surface area contributed by atoms with E-state index in [-0.39, 0.29) is 6.29 Å². The summed E-state index contributed by atoms with van der Waals surface area (Å²) in [5.74, 6) is 0. The summed E-state index contributed by atoms with van der Waals surface area (Å²) >= 11 is 3.53. The lowest BCUT2D eigenvalue weighted by atomic mass is 10.1. The third-order valence-corrected chi connectivity index (χ3v) is 3.66. The molecule has 16 heavy (non-hydrogen) atoms. The van der Waals surface area contributed by atoms with E-state index in [1.54, 1.807) is 0 Å². The van der Waals surface area contributed by atoms with Crippen LogP contribution in [0.4, 0.5) is 0 Å². The quantitative estimate of drug-likeness (QED) is 0.841. The Morgan fingerprint density at radius 2 is 2.31 bits per heavy atom. The fourth-order valence-electron chi connectivity index (χ4n) is 1.76. The Balaban J connectivity index is 1.86. The molecule has 1 heterocycles. The Morgan fingerprint density at radius 1 is 1.44 bits per heavy atom. The van der Waals surface area contributed by atoms with Crippen LogP contribution in [0.2, 0.25) is 0 Å². The highest BCUT2D eigenvalue weighted by Crippen LogP contribution is 2.20. The molecule has 0 N–H and O–H groups in total. The molecule has 0 saturated carbocycles. The number of ether oxygens (including phenoxy) is 2. The van der Waals surface area contributed by atoms with E-state index >= 15 is 0 Å². The van der Waals surface area contributed by atoms with Gasteiger partial charge < -0.3 is 9.47 Å². The molecule has 0 spiro atoms. The van der Waals surface area contributed by atoms with Gasteiger partial charge in [-0.1, -0.05) is 28.1 Å². The first-order chi connectivity index (χ1) is 7.75. The van der Waals surface area contributed by atoms with E-state index in [0.29, 0.717) is 6.61 Å². The largest absolute Gasteiger partial charge is 0.353 e. The fraction of sp³-hybridized carbons (Fsp3) is 0.538. The van der Waals surface area contributed by atoms with E-state index in [4.69, 9.17) is 9.47 Å². The molecule has 0 radical (unpaired) electrons. The van der Waals surface area contributed by atoms with Crippen molar-refractivity contribution in [3.8, 4) is 0 Å². The molecule has 88 valence electrons. The molecule has 1 aliphatic heterocycles. The molecule has 2 nitrogen and oxygen atoms in total. The molecule has 0 amide bonds. The molecule has 1 unspecified atom stereocenters. The predicted molar refractivity (Wildman–Crippen MR) is 67.3 cm³/mol. The summed E-state index contributed by atoms with van der Waals surface area (Å²) in [5.41, 5.74) is 2.43. The minimum absolute atomic E-state index is 0.00571. The first kappa shape index (κ1) is 12.1. The molecule has 0 bridgehead atoms. The Morgan fingerprint density at radius 3 is 3.00 bits per heavy atom. The summed E-state index contributed by atoms with van der Waals surface area (Å²) in [5, 5.41) is 0. The summed E-state index contributed by atoms with van der Waals surface area (Å²) in [6.45, 7) is 3.55. The maximum Gasteiger partial charge on any atom is 0.158 e.